The summed E-state index contributed by atoms with van der Waals surface area (Å²) in [6.45, 7) is 3.56. The quantitative estimate of drug-likeness (QED) is 0.325. The maximum absolute atomic E-state index is 11.9. The van der Waals surface area contributed by atoms with Crippen LogP contribution in [0.15, 0.2) is 24.0 Å². The van der Waals surface area contributed by atoms with E-state index in [2.05, 4.69) is 11.3 Å². The topological polar surface area (TPSA) is 26.3 Å². The second-order valence-electron chi connectivity index (χ2n) is 2.61. The van der Waals surface area contributed by atoms with E-state index < -0.39 is 29.7 Å². The van der Waals surface area contributed by atoms with Crippen LogP contribution in [0.4, 0.5) is 26.3 Å². The van der Waals surface area contributed by atoms with Gasteiger partial charge in [0.2, 0.25) is 0 Å². The molecule has 0 rings (SSSR count). The predicted molar refractivity (Wildman–Crippen MR) is 41.1 cm³/mol. The van der Waals surface area contributed by atoms with Crippen LogP contribution in [-0.2, 0) is 9.53 Å². The van der Waals surface area contributed by atoms with E-state index in [-0.39, 0.29) is 6.08 Å². The Hall–Kier alpha value is -1.47. The summed E-state index contributed by atoms with van der Waals surface area (Å²) in [5.74, 6) is -2.10. The number of hydrogen-bond acceptors (Lipinski definition) is 2. The highest BCUT2D eigenvalue weighted by molar-refractivity contribution is 5.67. The summed E-state index contributed by atoms with van der Waals surface area (Å²) in [7, 11) is 0. The van der Waals surface area contributed by atoms with E-state index in [1.54, 1.807) is 0 Å². The molecule has 0 aromatic heterocycles. The molecule has 0 fully saturated rings. The van der Waals surface area contributed by atoms with Gasteiger partial charge in [0.05, 0.1) is 0 Å². The minimum atomic E-state index is -5.60. The van der Waals surface area contributed by atoms with Crippen LogP contribution in [0.2, 0.25) is 0 Å². The minimum Gasteiger partial charge on any atom is -0.427 e. The van der Waals surface area contributed by atoms with Crippen LogP contribution in [0.1, 0.15) is 6.92 Å². The summed E-state index contributed by atoms with van der Waals surface area (Å²) in [6.07, 6.45) is -11.6. The fourth-order valence-electron chi connectivity index (χ4n) is 0.699. The van der Waals surface area contributed by atoms with E-state index >= 15 is 0 Å². The van der Waals surface area contributed by atoms with Crippen LogP contribution in [0.5, 0.6) is 0 Å². The molecule has 0 atom stereocenters. The van der Waals surface area contributed by atoms with Gasteiger partial charge in [-0.3, -0.25) is 4.79 Å². The van der Waals surface area contributed by atoms with Gasteiger partial charge < -0.3 is 4.74 Å². The highest BCUT2D eigenvalue weighted by atomic mass is 19.4. The third-order valence-corrected chi connectivity index (χ3v) is 1.19. The highest BCUT2D eigenvalue weighted by Gasteiger charge is 2.50. The van der Waals surface area contributed by atoms with Crippen LogP contribution in [0, 0.1) is 0 Å². The van der Waals surface area contributed by atoms with Crippen LogP contribution < -0.4 is 0 Å². The van der Waals surface area contributed by atoms with Gasteiger partial charge in [-0.25, -0.2) is 0 Å². The lowest BCUT2D eigenvalue weighted by Crippen LogP contribution is -2.26. The summed E-state index contributed by atoms with van der Waals surface area (Å²) in [6, 6.07) is 0. The third kappa shape index (κ3) is 4.85. The van der Waals surface area contributed by atoms with Crippen molar-refractivity contribution in [2.75, 3.05) is 0 Å². The molecule has 0 amide bonds. The Labute approximate surface area is 86.2 Å². The molecule has 0 radical (unpaired) electrons. The lowest BCUT2D eigenvalue weighted by molar-refractivity contribution is -0.172. The summed E-state index contributed by atoms with van der Waals surface area (Å²) >= 11 is 0. The summed E-state index contributed by atoms with van der Waals surface area (Å²) in [5.41, 5.74) is -2.79. The number of allylic oxidation sites excluding steroid dienone is 2. The first-order valence-corrected chi connectivity index (χ1v) is 3.68. The van der Waals surface area contributed by atoms with Crippen LogP contribution in [0.25, 0.3) is 0 Å². The van der Waals surface area contributed by atoms with Crippen molar-refractivity contribution in [3.8, 4) is 0 Å². The molecule has 2 nitrogen and oxygen atoms in total. The number of halogens is 6. The number of hydrogen-bond donors (Lipinski definition) is 0. The number of esters is 1. The molecule has 0 aliphatic carbocycles. The number of ether oxygens (including phenoxy) is 1. The van der Waals surface area contributed by atoms with Crippen molar-refractivity contribution in [3.05, 3.63) is 24.0 Å². The number of carbonyl (C=O) groups is 1. The van der Waals surface area contributed by atoms with Crippen molar-refractivity contribution < 1.29 is 35.9 Å². The average molecular weight is 248 g/mol. The molecule has 0 N–H and O–H groups in total. The first-order valence-electron chi connectivity index (χ1n) is 3.68. The Morgan fingerprint density at radius 3 is 1.75 bits per heavy atom. The monoisotopic (exact) mass is 248 g/mol. The third-order valence-electron chi connectivity index (χ3n) is 1.19. The molecular formula is C8H6F6O2. The standard InChI is InChI=1S/C8H6F6O2/c1-4(16-5(2)15)3-6(7(9,10)11)8(12,13)14/h3H,1H2,2H3. The second kappa shape index (κ2) is 4.58. The van der Waals surface area contributed by atoms with E-state index in [1.165, 1.54) is 0 Å². The van der Waals surface area contributed by atoms with Crippen LogP contribution in [-0.4, -0.2) is 18.3 Å². The first-order chi connectivity index (χ1) is 6.94. The largest absolute Gasteiger partial charge is 0.427 e. The molecule has 0 aromatic rings. The van der Waals surface area contributed by atoms with Crippen molar-refractivity contribution in [1.82, 2.24) is 0 Å². The Morgan fingerprint density at radius 1 is 1.12 bits per heavy atom. The van der Waals surface area contributed by atoms with Crippen molar-refractivity contribution in [2.45, 2.75) is 19.3 Å². The molecule has 0 saturated carbocycles. The zero-order valence-corrected chi connectivity index (χ0v) is 7.87. The normalized spacial score (nSPS) is 11.9. The molecule has 0 saturated heterocycles. The Balaban J connectivity index is 5.15. The van der Waals surface area contributed by atoms with Crippen molar-refractivity contribution >= 4 is 5.97 Å². The second-order valence-corrected chi connectivity index (χ2v) is 2.61. The van der Waals surface area contributed by atoms with Crippen molar-refractivity contribution in [3.63, 3.8) is 0 Å². The van der Waals surface area contributed by atoms with Crippen molar-refractivity contribution in [2.24, 2.45) is 0 Å². The van der Waals surface area contributed by atoms with Gasteiger partial charge in [-0.05, 0) is 6.08 Å². The number of alkyl halides is 6. The summed E-state index contributed by atoms with van der Waals surface area (Å²) in [4.78, 5) is 10.3. The highest BCUT2D eigenvalue weighted by Crippen LogP contribution is 2.39. The van der Waals surface area contributed by atoms with Gasteiger partial charge >= 0.3 is 18.3 Å². The lowest BCUT2D eigenvalue weighted by atomic mass is 10.2. The van der Waals surface area contributed by atoms with Crippen molar-refractivity contribution in [1.29, 1.82) is 0 Å². The molecule has 0 aromatic carbocycles. The average Bonchev–Trinajstić information content (AvgIpc) is 1.94. The van der Waals surface area contributed by atoms with Gasteiger partial charge in [0.25, 0.3) is 0 Å². The van der Waals surface area contributed by atoms with E-state index in [0.717, 1.165) is 6.92 Å². The molecule has 0 spiro atoms. The van der Waals surface area contributed by atoms with E-state index in [9.17, 15) is 31.1 Å². The fraction of sp³-hybridized carbons (Fsp3) is 0.375. The fourth-order valence-corrected chi connectivity index (χ4v) is 0.699. The molecule has 0 bridgehead atoms. The number of carbonyl (C=O) groups excluding carboxylic acids is 1. The lowest BCUT2D eigenvalue weighted by Gasteiger charge is -2.15. The summed E-state index contributed by atoms with van der Waals surface area (Å²) in [5, 5.41) is 0. The van der Waals surface area contributed by atoms with Gasteiger partial charge in [0.15, 0.2) is 0 Å². The minimum absolute atomic E-state index is 0.374. The molecule has 0 aliphatic rings. The van der Waals surface area contributed by atoms with E-state index in [1.807, 2.05) is 0 Å². The Morgan fingerprint density at radius 2 is 1.50 bits per heavy atom. The number of rotatable bonds is 2. The molecule has 8 heteroatoms. The SMILES string of the molecule is C=C(C=C(C(F)(F)F)C(F)(F)F)OC(C)=O. The summed E-state index contributed by atoms with van der Waals surface area (Å²) < 4.78 is 75.6. The van der Waals surface area contributed by atoms with Gasteiger partial charge in [-0.1, -0.05) is 6.58 Å². The van der Waals surface area contributed by atoms with Gasteiger partial charge in [0.1, 0.15) is 11.3 Å². The van der Waals surface area contributed by atoms with Crippen LogP contribution in [0.3, 0.4) is 0 Å². The maximum atomic E-state index is 11.9. The first kappa shape index (κ1) is 14.5. The molecule has 0 heterocycles. The Kier molecular flexibility index (Phi) is 4.16. The van der Waals surface area contributed by atoms with E-state index in [4.69, 9.17) is 0 Å². The van der Waals surface area contributed by atoms with Gasteiger partial charge in [-0.15, -0.1) is 0 Å². The molecule has 0 unspecified atom stereocenters. The van der Waals surface area contributed by atoms with E-state index in [0.29, 0.717) is 0 Å². The van der Waals surface area contributed by atoms with Crippen LogP contribution >= 0.6 is 0 Å². The van der Waals surface area contributed by atoms with Gasteiger partial charge in [0, 0.05) is 6.92 Å². The smallest absolute Gasteiger partial charge is 0.421 e. The van der Waals surface area contributed by atoms with Gasteiger partial charge in [-0.2, -0.15) is 26.3 Å². The zero-order chi connectivity index (χ0) is 13.1. The predicted octanol–water partition coefficient (Wildman–Crippen LogP) is 3.11. The molecule has 0 aliphatic heterocycles. The Bertz CT molecular complexity index is 306. The molecular weight excluding hydrogens is 242 g/mol. The molecule has 16 heavy (non-hydrogen) atoms. The molecule has 92 valence electrons. The zero-order valence-electron chi connectivity index (χ0n) is 7.87. The maximum Gasteiger partial charge on any atom is 0.421 e.